The topological polar surface area (TPSA) is 74.2 Å². The molecule has 152 valence electrons. The lowest BCUT2D eigenvalue weighted by Gasteiger charge is -2.24. The molecule has 0 spiro atoms. The van der Waals surface area contributed by atoms with Gasteiger partial charge in [-0.25, -0.2) is 0 Å². The Labute approximate surface area is 166 Å². The first-order valence-corrected chi connectivity index (χ1v) is 10.1. The van der Waals surface area contributed by atoms with Crippen LogP contribution in [0.15, 0.2) is 29.3 Å². The molecular weight excluding hydrogens is 356 g/mol. The molecule has 1 atom stereocenters. The summed E-state index contributed by atoms with van der Waals surface area (Å²) in [6, 6.07) is 7.01. The molecule has 1 unspecified atom stereocenters. The van der Waals surface area contributed by atoms with E-state index in [0.717, 1.165) is 51.5 Å². The number of nitrogens with one attached hydrogen (secondary N) is 1. The molecule has 2 aliphatic rings. The van der Waals surface area contributed by atoms with Crippen molar-refractivity contribution in [3.05, 3.63) is 35.4 Å². The number of rotatable bonds is 8. The standard InChI is InChI=1S/C21H30N4O3/c1-3-22-21(24(2)14-16-10-13-28-15-16)23-11-6-7-12-25-19(26)17-8-4-5-9-18(17)20(25)27/h4-5,8-9,16H,3,6-7,10-15H2,1-2H3,(H,22,23). The van der Waals surface area contributed by atoms with E-state index in [1.807, 2.05) is 0 Å². The van der Waals surface area contributed by atoms with Gasteiger partial charge in [-0.15, -0.1) is 0 Å². The van der Waals surface area contributed by atoms with Crippen molar-refractivity contribution in [2.75, 3.05) is 46.4 Å². The number of imide groups is 1. The number of hydrogen-bond donors (Lipinski definition) is 1. The lowest BCUT2D eigenvalue weighted by atomic mass is 10.1. The van der Waals surface area contributed by atoms with E-state index >= 15 is 0 Å². The minimum atomic E-state index is -0.184. The summed E-state index contributed by atoms with van der Waals surface area (Å²) in [5.41, 5.74) is 1.02. The Balaban J connectivity index is 1.45. The fourth-order valence-electron chi connectivity index (χ4n) is 3.68. The molecule has 0 aliphatic carbocycles. The van der Waals surface area contributed by atoms with Crippen molar-refractivity contribution >= 4 is 17.8 Å². The van der Waals surface area contributed by atoms with Gasteiger partial charge in [-0.1, -0.05) is 12.1 Å². The third-order valence-electron chi connectivity index (χ3n) is 5.18. The summed E-state index contributed by atoms with van der Waals surface area (Å²) in [5, 5.41) is 3.33. The zero-order valence-electron chi connectivity index (χ0n) is 16.8. The quantitative estimate of drug-likeness (QED) is 0.320. The fraction of sp³-hybridized carbons (Fsp3) is 0.571. The number of carbonyl (C=O) groups excluding carboxylic acids is 2. The molecule has 1 N–H and O–H groups in total. The zero-order valence-corrected chi connectivity index (χ0v) is 16.8. The van der Waals surface area contributed by atoms with E-state index in [1.54, 1.807) is 24.3 Å². The molecule has 0 saturated carbocycles. The monoisotopic (exact) mass is 386 g/mol. The summed E-state index contributed by atoms with van der Waals surface area (Å²) in [6.07, 6.45) is 2.67. The summed E-state index contributed by atoms with van der Waals surface area (Å²) >= 11 is 0. The van der Waals surface area contributed by atoms with Gasteiger partial charge in [0.15, 0.2) is 5.96 Å². The van der Waals surface area contributed by atoms with Crippen molar-refractivity contribution in [3.8, 4) is 0 Å². The Bertz CT molecular complexity index is 693. The van der Waals surface area contributed by atoms with E-state index in [-0.39, 0.29) is 11.8 Å². The van der Waals surface area contributed by atoms with E-state index in [9.17, 15) is 9.59 Å². The average molecular weight is 386 g/mol. The van der Waals surface area contributed by atoms with Gasteiger partial charge < -0.3 is 15.0 Å². The highest BCUT2D eigenvalue weighted by Gasteiger charge is 2.34. The van der Waals surface area contributed by atoms with Crippen LogP contribution in [0.25, 0.3) is 0 Å². The van der Waals surface area contributed by atoms with Gasteiger partial charge in [0.25, 0.3) is 11.8 Å². The van der Waals surface area contributed by atoms with Crippen LogP contribution in [0.5, 0.6) is 0 Å². The first-order valence-electron chi connectivity index (χ1n) is 10.1. The van der Waals surface area contributed by atoms with E-state index < -0.39 is 0 Å². The first kappa shape index (κ1) is 20.3. The van der Waals surface area contributed by atoms with E-state index in [1.165, 1.54) is 4.90 Å². The average Bonchev–Trinajstić information content (AvgIpc) is 3.29. The Morgan fingerprint density at radius 2 is 1.96 bits per heavy atom. The number of fused-ring (bicyclic) bond motifs is 1. The molecule has 1 fully saturated rings. The molecular formula is C21H30N4O3. The van der Waals surface area contributed by atoms with E-state index in [4.69, 9.17) is 9.73 Å². The van der Waals surface area contributed by atoms with Gasteiger partial charge in [-0.3, -0.25) is 19.5 Å². The third-order valence-corrected chi connectivity index (χ3v) is 5.18. The second kappa shape index (κ2) is 9.68. The SMILES string of the molecule is CCNC(=NCCCCN1C(=O)c2ccccc2C1=O)N(C)CC1CCOC1. The lowest BCUT2D eigenvalue weighted by molar-refractivity contribution is 0.0652. The number of unbranched alkanes of at least 4 members (excludes halogenated alkanes) is 1. The van der Waals surface area contributed by atoms with Crippen LogP contribution in [0.4, 0.5) is 0 Å². The molecule has 0 radical (unpaired) electrons. The second-order valence-corrected chi connectivity index (χ2v) is 7.36. The minimum Gasteiger partial charge on any atom is -0.381 e. The molecule has 1 saturated heterocycles. The summed E-state index contributed by atoms with van der Waals surface area (Å²) in [5.74, 6) is 1.09. The number of carbonyl (C=O) groups is 2. The third kappa shape index (κ3) is 4.70. The Morgan fingerprint density at radius 3 is 2.57 bits per heavy atom. The molecule has 7 nitrogen and oxygen atoms in total. The number of nitrogens with zero attached hydrogens (tertiary/aromatic N) is 3. The van der Waals surface area contributed by atoms with Crippen LogP contribution < -0.4 is 5.32 Å². The molecule has 2 aliphatic heterocycles. The highest BCUT2D eigenvalue weighted by molar-refractivity contribution is 6.21. The van der Waals surface area contributed by atoms with Crippen LogP contribution in [0.2, 0.25) is 0 Å². The van der Waals surface area contributed by atoms with Gasteiger partial charge in [-0.2, -0.15) is 0 Å². The van der Waals surface area contributed by atoms with Crippen LogP contribution in [0.1, 0.15) is 46.9 Å². The molecule has 7 heteroatoms. The van der Waals surface area contributed by atoms with Crippen molar-refractivity contribution in [2.24, 2.45) is 10.9 Å². The normalized spacial score (nSPS) is 19.3. The molecule has 2 amide bonds. The molecule has 0 aromatic heterocycles. The van der Waals surface area contributed by atoms with Crippen molar-refractivity contribution in [1.82, 2.24) is 15.1 Å². The summed E-state index contributed by atoms with van der Waals surface area (Å²) in [4.78, 5) is 33.0. The Hall–Kier alpha value is -2.41. The highest BCUT2D eigenvalue weighted by atomic mass is 16.5. The number of hydrogen-bond acceptors (Lipinski definition) is 4. The lowest BCUT2D eigenvalue weighted by Crippen LogP contribution is -2.41. The number of benzene rings is 1. The maximum absolute atomic E-state index is 12.4. The van der Waals surface area contributed by atoms with Crippen molar-refractivity contribution < 1.29 is 14.3 Å². The Morgan fingerprint density at radius 1 is 1.25 bits per heavy atom. The van der Waals surface area contributed by atoms with Crippen molar-refractivity contribution in [1.29, 1.82) is 0 Å². The minimum absolute atomic E-state index is 0.184. The molecule has 1 aromatic rings. The number of guanidine groups is 1. The number of ether oxygens (including phenoxy) is 1. The van der Waals surface area contributed by atoms with Gasteiger partial charge in [0, 0.05) is 45.8 Å². The largest absolute Gasteiger partial charge is 0.381 e. The number of aliphatic imine (C=N–C) groups is 1. The molecule has 2 heterocycles. The number of amides is 2. The van der Waals surface area contributed by atoms with Gasteiger partial charge in [-0.05, 0) is 38.3 Å². The summed E-state index contributed by atoms with van der Waals surface area (Å²) in [6.45, 7) is 6.59. The second-order valence-electron chi connectivity index (χ2n) is 7.36. The van der Waals surface area contributed by atoms with Crippen LogP contribution in [-0.4, -0.2) is 74.0 Å². The van der Waals surface area contributed by atoms with Gasteiger partial charge in [0.2, 0.25) is 0 Å². The smallest absolute Gasteiger partial charge is 0.261 e. The molecule has 28 heavy (non-hydrogen) atoms. The molecule has 1 aromatic carbocycles. The summed E-state index contributed by atoms with van der Waals surface area (Å²) < 4.78 is 5.45. The maximum atomic E-state index is 12.4. The van der Waals surface area contributed by atoms with Gasteiger partial charge in [0.1, 0.15) is 0 Å². The Kier molecular flexibility index (Phi) is 7.03. The van der Waals surface area contributed by atoms with Crippen LogP contribution in [0, 0.1) is 5.92 Å². The van der Waals surface area contributed by atoms with E-state index in [2.05, 4.69) is 24.2 Å². The summed E-state index contributed by atoms with van der Waals surface area (Å²) in [7, 11) is 2.05. The van der Waals surface area contributed by atoms with Gasteiger partial charge >= 0.3 is 0 Å². The maximum Gasteiger partial charge on any atom is 0.261 e. The fourth-order valence-corrected chi connectivity index (χ4v) is 3.68. The molecule has 0 bridgehead atoms. The van der Waals surface area contributed by atoms with Crippen LogP contribution in [0.3, 0.4) is 0 Å². The predicted molar refractivity (Wildman–Crippen MR) is 109 cm³/mol. The van der Waals surface area contributed by atoms with E-state index in [0.29, 0.717) is 30.1 Å². The van der Waals surface area contributed by atoms with Crippen molar-refractivity contribution in [3.63, 3.8) is 0 Å². The van der Waals surface area contributed by atoms with Crippen LogP contribution in [-0.2, 0) is 4.74 Å². The zero-order chi connectivity index (χ0) is 19.9. The first-order chi connectivity index (χ1) is 13.6. The van der Waals surface area contributed by atoms with Crippen molar-refractivity contribution in [2.45, 2.75) is 26.2 Å². The highest BCUT2D eigenvalue weighted by Crippen LogP contribution is 2.22. The van der Waals surface area contributed by atoms with Crippen LogP contribution >= 0.6 is 0 Å². The predicted octanol–water partition coefficient (Wildman–Crippen LogP) is 2.00. The van der Waals surface area contributed by atoms with Gasteiger partial charge in [0.05, 0.1) is 17.7 Å². The molecule has 3 rings (SSSR count).